The summed E-state index contributed by atoms with van der Waals surface area (Å²) in [4.78, 5) is 31.2. The topological polar surface area (TPSA) is 52.8 Å². The summed E-state index contributed by atoms with van der Waals surface area (Å²) >= 11 is 0. The van der Waals surface area contributed by atoms with Crippen LogP contribution in [0.15, 0.2) is 41.4 Å². The smallest absolute Gasteiger partial charge is 0.255 e. The van der Waals surface area contributed by atoms with Crippen LogP contribution in [-0.2, 0) is 11.3 Å². The van der Waals surface area contributed by atoms with Crippen LogP contribution in [0.1, 0.15) is 25.8 Å². The van der Waals surface area contributed by atoms with Gasteiger partial charge in [-0.05, 0) is 36.1 Å². The fourth-order valence-electron chi connectivity index (χ4n) is 2.90. The second-order valence-corrected chi connectivity index (χ2v) is 6.67. The van der Waals surface area contributed by atoms with Gasteiger partial charge in [0.25, 0.3) is 5.84 Å². The maximum Gasteiger partial charge on any atom is 0.446 e. The molecule has 25 heavy (non-hydrogen) atoms. The number of dihydropyridines is 1. The lowest BCUT2D eigenvalue weighted by Crippen LogP contribution is -2.54. The number of carbonyl (C=O) groups excluding carboxylic acids is 2. The quantitative estimate of drug-likeness (QED) is 0.773. The number of carbonyl (C=O) groups is 2. The summed E-state index contributed by atoms with van der Waals surface area (Å²) in [5, 5.41) is 0. The van der Waals surface area contributed by atoms with E-state index in [0.717, 1.165) is 12.0 Å². The fourth-order valence-corrected chi connectivity index (χ4v) is 2.90. The third kappa shape index (κ3) is 3.57. The first-order valence-electron chi connectivity index (χ1n) is 8.42. The molecule has 1 aromatic rings. The van der Waals surface area contributed by atoms with Crippen LogP contribution in [0.5, 0.6) is 0 Å². The molecule has 2 aliphatic rings. The number of hydrogen-bond acceptors (Lipinski definition) is 3. The molecule has 1 unspecified atom stereocenters. The highest BCUT2D eigenvalue weighted by Crippen LogP contribution is 2.21. The predicted octanol–water partition coefficient (Wildman–Crippen LogP) is 3.00. The van der Waals surface area contributed by atoms with E-state index in [0.29, 0.717) is 18.3 Å². The van der Waals surface area contributed by atoms with Crippen LogP contribution in [0, 0.1) is 17.7 Å². The van der Waals surface area contributed by atoms with Gasteiger partial charge in [0.1, 0.15) is 18.6 Å². The van der Waals surface area contributed by atoms with E-state index in [1.165, 1.54) is 21.6 Å². The molecule has 6 heteroatoms. The van der Waals surface area contributed by atoms with Gasteiger partial charge >= 0.3 is 11.9 Å². The number of allylic oxidation sites excluding steroid dienone is 1. The maximum absolute atomic E-state index is 13.1. The molecule has 0 bridgehead atoms. The molecule has 0 aromatic heterocycles. The monoisotopic (exact) mass is 342 g/mol. The number of benzene rings is 1. The SMILES string of the molecule is CC(C)CCN1C(=O)C2C=CC=NC2=[N+](Cc2ccc(F)cc2)C1=O. The average molecular weight is 342 g/mol. The number of fused-ring (bicyclic) bond motifs is 1. The summed E-state index contributed by atoms with van der Waals surface area (Å²) in [6.45, 7) is 4.74. The highest BCUT2D eigenvalue weighted by molar-refractivity contribution is 6.14. The van der Waals surface area contributed by atoms with Crippen LogP contribution in [0.3, 0.4) is 0 Å². The fraction of sp³-hybridized carbons (Fsp3) is 0.368. The Labute approximate surface area is 146 Å². The van der Waals surface area contributed by atoms with Gasteiger partial charge in [0.05, 0.1) is 6.54 Å². The number of aliphatic imine (C=N–C) groups is 1. The van der Waals surface area contributed by atoms with Gasteiger partial charge < -0.3 is 0 Å². The summed E-state index contributed by atoms with van der Waals surface area (Å²) < 4.78 is 14.6. The molecule has 2 heterocycles. The van der Waals surface area contributed by atoms with E-state index in [1.807, 2.05) is 0 Å². The lowest BCUT2D eigenvalue weighted by molar-refractivity contribution is -0.458. The molecular formula is C19H21FN3O2+. The van der Waals surface area contributed by atoms with Crippen molar-refractivity contribution in [3.05, 3.63) is 47.8 Å². The Morgan fingerprint density at radius 1 is 1.24 bits per heavy atom. The largest absolute Gasteiger partial charge is 0.446 e. The minimum Gasteiger partial charge on any atom is -0.255 e. The Morgan fingerprint density at radius 3 is 2.64 bits per heavy atom. The van der Waals surface area contributed by atoms with Gasteiger partial charge in [0.2, 0.25) is 0 Å². The van der Waals surface area contributed by atoms with Crippen molar-refractivity contribution in [2.24, 2.45) is 16.8 Å². The Kier molecular flexibility index (Phi) is 4.88. The van der Waals surface area contributed by atoms with E-state index in [9.17, 15) is 14.0 Å². The number of amides is 3. The van der Waals surface area contributed by atoms with Crippen molar-refractivity contribution in [1.82, 2.24) is 4.90 Å². The highest BCUT2D eigenvalue weighted by Gasteiger charge is 2.46. The molecule has 0 radical (unpaired) electrons. The third-order valence-corrected chi connectivity index (χ3v) is 4.33. The van der Waals surface area contributed by atoms with Gasteiger partial charge in [0, 0.05) is 0 Å². The minimum atomic E-state index is -0.546. The molecule has 2 aliphatic heterocycles. The number of hydrogen-bond donors (Lipinski definition) is 0. The first-order valence-corrected chi connectivity index (χ1v) is 8.42. The summed E-state index contributed by atoms with van der Waals surface area (Å²) in [7, 11) is 0. The predicted molar refractivity (Wildman–Crippen MR) is 93.1 cm³/mol. The van der Waals surface area contributed by atoms with Crippen molar-refractivity contribution in [3.8, 4) is 0 Å². The number of nitrogens with zero attached hydrogens (tertiary/aromatic N) is 3. The Bertz CT molecular complexity index is 778. The van der Waals surface area contributed by atoms with Gasteiger partial charge in [-0.1, -0.05) is 32.1 Å². The Morgan fingerprint density at radius 2 is 1.96 bits per heavy atom. The number of halogens is 1. The van der Waals surface area contributed by atoms with Crippen LogP contribution in [0.4, 0.5) is 9.18 Å². The third-order valence-electron chi connectivity index (χ3n) is 4.33. The van der Waals surface area contributed by atoms with Crippen LogP contribution in [0.25, 0.3) is 0 Å². The highest BCUT2D eigenvalue weighted by atomic mass is 19.1. The molecule has 130 valence electrons. The normalized spacial score (nSPS) is 19.8. The molecule has 0 spiro atoms. The van der Waals surface area contributed by atoms with E-state index in [4.69, 9.17) is 0 Å². The van der Waals surface area contributed by atoms with Crippen molar-refractivity contribution in [2.45, 2.75) is 26.8 Å². The van der Waals surface area contributed by atoms with Crippen molar-refractivity contribution in [1.29, 1.82) is 0 Å². The average Bonchev–Trinajstić information content (AvgIpc) is 2.60. The maximum atomic E-state index is 13.1. The van der Waals surface area contributed by atoms with Gasteiger partial charge in [-0.3, -0.25) is 4.79 Å². The minimum absolute atomic E-state index is 0.232. The van der Waals surface area contributed by atoms with Crippen LogP contribution in [-0.4, -0.2) is 40.0 Å². The number of amidine groups is 1. The molecule has 0 N–H and O–H groups in total. The first-order chi connectivity index (χ1) is 12.0. The molecule has 0 saturated heterocycles. The van der Waals surface area contributed by atoms with Gasteiger partial charge in [-0.25, -0.2) is 9.18 Å². The molecule has 5 nitrogen and oxygen atoms in total. The molecule has 3 amide bonds. The van der Waals surface area contributed by atoms with Crippen molar-refractivity contribution >= 4 is 24.0 Å². The molecule has 3 rings (SSSR count). The van der Waals surface area contributed by atoms with Gasteiger partial charge in [-0.15, -0.1) is 4.99 Å². The number of imide groups is 1. The molecule has 1 atom stereocenters. The lowest BCUT2D eigenvalue weighted by Gasteiger charge is -2.27. The van der Waals surface area contributed by atoms with Crippen molar-refractivity contribution in [2.75, 3.05) is 6.54 Å². The molecule has 0 aliphatic carbocycles. The number of rotatable bonds is 5. The van der Waals surface area contributed by atoms with E-state index in [2.05, 4.69) is 18.8 Å². The van der Waals surface area contributed by atoms with E-state index >= 15 is 0 Å². The molecule has 0 fully saturated rings. The first kappa shape index (κ1) is 17.2. The van der Waals surface area contributed by atoms with E-state index in [-0.39, 0.29) is 24.3 Å². The zero-order valence-electron chi connectivity index (χ0n) is 14.4. The summed E-state index contributed by atoms with van der Waals surface area (Å²) in [6.07, 6.45) is 5.81. The zero-order valence-corrected chi connectivity index (χ0v) is 14.4. The Hall–Kier alpha value is -2.63. The van der Waals surface area contributed by atoms with E-state index in [1.54, 1.807) is 30.5 Å². The van der Waals surface area contributed by atoms with Gasteiger partial charge in [-0.2, -0.15) is 9.48 Å². The summed E-state index contributed by atoms with van der Waals surface area (Å²) in [5.41, 5.74) is 0.781. The van der Waals surface area contributed by atoms with Crippen LogP contribution < -0.4 is 0 Å². The number of urea groups is 1. The van der Waals surface area contributed by atoms with Crippen molar-refractivity contribution in [3.63, 3.8) is 0 Å². The molecule has 1 aromatic carbocycles. The van der Waals surface area contributed by atoms with Crippen LogP contribution in [0.2, 0.25) is 0 Å². The molecular weight excluding hydrogens is 321 g/mol. The Balaban J connectivity index is 1.95. The summed E-state index contributed by atoms with van der Waals surface area (Å²) in [6, 6.07) is 5.62. The lowest BCUT2D eigenvalue weighted by atomic mass is 10.0. The van der Waals surface area contributed by atoms with E-state index < -0.39 is 5.92 Å². The van der Waals surface area contributed by atoms with Crippen molar-refractivity contribution < 1.29 is 18.6 Å². The van der Waals surface area contributed by atoms with Gasteiger partial charge in [0.15, 0.2) is 5.92 Å². The zero-order chi connectivity index (χ0) is 18.0. The second-order valence-electron chi connectivity index (χ2n) is 6.67. The van der Waals surface area contributed by atoms with Crippen LogP contribution >= 0.6 is 0 Å². The standard InChI is InChI=1S/C19H21FN3O2/c1-13(2)9-11-22-18(24)16-4-3-10-21-17(16)23(19(22)25)12-14-5-7-15(20)8-6-14/h3-8,10,13,16H,9,11-12H2,1-2H3/q+1. The molecule has 0 saturated carbocycles. The second kappa shape index (κ2) is 7.09. The summed E-state index contributed by atoms with van der Waals surface area (Å²) in [5.74, 6) is -0.287.